The zero-order chi connectivity index (χ0) is 57.6. The van der Waals surface area contributed by atoms with E-state index in [1.807, 2.05) is 21.1 Å². The number of carboxylic acid groups (broad SMARTS) is 1. The fraction of sp³-hybridized carbons (Fsp3) is 0.729. The van der Waals surface area contributed by atoms with Crippen LogP contribution in [0.5, 0.6) is 0 Å². The number of unbranched alkanes of at least 4 members (excludes halogenated alkanes) is 28. The van der Waals surface area contributed by atoms with Gasteiger partial charge < -0.3 is 28.5 Å². The first-order valence-corrected chi connectivity index (χ1v) is 32.4. The molecule has 0 amide bonds. The van der Waals surface area contributed by atoms with Crippen LogP contribution in [0.15, 0.2) is 97.2 Å². The molecule has 0 aromatic rings. The minimum absolute atomic E-state index is 0.175. The molecule has 9 heteroatoms. The smallest absolute Gasteiger partial charge is 0.361 e. The van der Waals surface area contributed by atoms with E-state index in [4.69, 9.17) is 18.9 Å². The number of quaternary nitrogens is 1. The molecule has 0 aromatic carbocycles. The van der Waals surface area contributed by atoms with Gasteiger partial charge in [-0.1, -0.05) is 278 Å². The fourth-order valence-corrected chi connectivity index (χ4v) is 8.91. The highest BCUT2D eigenvalue weighted by Gasteiger charge is 2.25. The van der Waals surface area contributed by atoms with E-state index in [1.54, 1.807) is 0 Å². The summed E-state index contributed by atoms with van der Waals surface area (Å²) in [7, 11) is 5.96. The average Bonchev–Trinajstić information content (AvgIpc) is 3.42. The molecule has 0 aromatic heterocycles. The van der Waals surface area contributed by atoms with Crippen LogP contribution < -0.4 is 0 Å². The van der Waals surface area contributed by atoms with Crippen molar-refractivity contribution in [1.29, 1.82) is 0 Å². The van der Waals surface area contributed by atoms with E-state index in [0.717, 1.165) is 83.5 Å². The Hall–Kier alpha value is -3.79. The van der Waals surface area contributed by atoms with Gasteiger partial charge in [0.05, 0.1) is 34.4 Å². The molecule has 0 aliphatic rings. The standard InChI is InChI=1S/C70H121NO8/c1-6-8-10-12-14-16-18-20-22-24-26-28-30-32-34-36-38-40-42-44-46-48-50-52-54-56-58-60-67(72)77-64-66(65-78-70(69(74)75)76-63-62-71(3,4)5)79-68(73)61-59-57-55-53-51-49-47-45-43-41-39-37-35-33-31-29-27-25-23-21-19-17-15-13-11-9-7-2/h9,11,15,17,21,23,27,29,33,35,39,41,45,47,51,53,66,70H,6-8,10,12-14,16,18-20,22,24-26,28,30-32,34,36-38,40,42-44,46,48-50,52,54-65H2,1-5H3/p+1/b11-9-,17-15-,23-21-,29-27-,35-33-,41-39-,47-45-,53-51-. The lowest BCUT2D eigenvalue weighted by Gasteiger charge is -2.25. The quantitative estimate of drug-likeness (QED) is 0.0211. The second kappa shape index (κ2) is 60.3. The summed E-state index contributed by atoms with van der Waals surface area (Å²) in [5.74, 6) is -2.06. The Morgan fingerprint density at radius 3 is 1.08 bits per heavy atom. The van der Waals surface area contributed by atoms with E-state index in [9.17, 15) is 19.5 Å². The molecule has 0 fully saturated rings. The van der Waals surface area contributed by atoms with Crippen molar-refractivity contribution < 1.29 is 42.9 Å². The summed E-state index contributed by atoms with van der Waals surface area (Å²) in [5, 5.41) is 9.72. The van der Waals surface area contributed by atoms with E-state index in [0.29, 0.717) is 23.9 Å². The lowest BCUT2D eigenvalue weighted by Crippen LogP contribution is -2.40. The number of allylic oxidation sites excluding steroid dienone is 16. The van der Waals surface area contributed by atoms with E-state index in [1.165, 1.54) is 154 Å². The molecule has 0 aliphatic heterocycles. The Bertz CT molecular complexity index is 1620. The van der Waals surface area contributed by atoms with Gasteiger partial charge in [-0.2, -0.15) is 0 Å². The number of carboxylic acids is 1. The van der Waals surface area contributed by atoms with E-state index in [2.05, 4.69) is 111 Å². The van der Waals surface area contributed by atoms with Crippen molar-refractivity contribution in [2.24, 2.45) is 0 Å². The van der Waals surface area contributed by atoms with Crippen LogP contribution in [0.1, 0.15) is 271 Å². The summed E-state index contributed by atoms with van der Waals surface area (Å²) >= 11 is 0. The third-order valence-corrected chi connectivity index (χ3v) is 13.9. The molecule has 0 rings (SSSR count). The molecule has 0 saturated carbocycles. The van der Waals surface area contributed by atoms with E-state index in [-0.39, 0.29) is 32.2 Å². The van der Waals surface area contributed by atoms with Gasteiger partial charge in [-0.25, -0.2) is 4.79 Å². The minimum atomic E-state index is -1.53. The number of hydrogen-bond acceptors (Lipinski definition) is 7. The Kier molecular flexibility index (Phi) is 57.4. The Labute approximate surface area is 486 Å². The Balaban J connectivity index is 4.26. The molecule has 79 heavy (non-hydrogen) atoms. The van der Waals surface area contributed by atoms with E-state index < -0.39 is 24.3 Å². The van der Waals surface area contributed by atoms with Crippen LogP contribution in [0.3, 0.4) is 0 Å². The number of carbonyl (C=O) groups excluding carboxylic acids is 2. The molecule has 0 bridgehead atoms. The number of esters is 2. The summed E-state index contributed by atoms with van der Waals surface area (Å²) in [6, 6.07) is 0. The average molecular weight is 1110 g/mol. The lowest BCUT2D eigenvalue weighted by molar-refractivity contribution is -0.870. The predicted octanol–water partition coefficient (Wildman–Crippen LogP) is 19.7. The van der Waals surface area contributed by atoms with Crippen LogP contribution in [-0.4, -0.2) is 87.4 Å². The van der Waals surface area contributed by atoms with Crippen molar-refractivity contribution in [2.75, 3.05) is 47.5 Å². The Morgan fingerprint density at radius 2 is 0.722 bits per heavy atom. The van der Waals surface area contributed by atoms with Gasteiger partial charge in [0, 0.05) is 12.8 Å². The first-order valence-electron chi connectivity index (χ1n) is 32.4. The number of ether oxygens (including phenoxy) is 4. The molecule has 1 N–H and O–H groups in total. The molecule has 0 heterocycles. The lowest BCUT2D eigenvalue weighted by atomic mass is 10.0. The second-order valence-corrected chi connectivity index (χ2v) is 22.7. The third-order valence-electron chi connectivity index (χ3n) is 13.9. The van der Waals surface area contributed by atoms with Gasteiger partial charge in [0.25, 0.3) is 6.29 Å². The van der Waals surface area contributed by atoms with Crippen LogP contribution in [0, 0.1) is 0 Å². The fourth-order valence-electron chi connectivity index (χ4n) is 8.91. The summed E-state index contributed by atoms with van der Waals surface area (Å²) in [5.41, 5.74) is 0. The van der Waals surface area contributed by atoms with Gasteiger partial charge in [0.2, 0.25) is 0 Å². The predicted molar refractivity (Wildman–Crippen MR) is 336 cm³/mol. The molecule has 0 aliphatic carbocycles. The number of nitrogens with zero attached hydrogens (tertiary/aromatic N) is 1. The molecule has 0 radical (unpaired) electrons. The molecular weight excluding hydrogens is 983 g/mol. The molecule has 0 spiro atoms. The number of likely N-dealkylation sites (N-methyl/N-ethyl adjacent to an activating group) is 1. The van der Waals surface area contributed by atoms with Crippen molar-refractivity contribution in [2.45, 2.75) is 283 Å². The zero-order valence-corrected chi connectivity index (χ0v) is 51.8. The zero-order valence-electron chi connectivity index (χ0n) is 51.8. The largest absolute Gasteiger partial charge is 0.477 e. The summed E-state index contributed by atoms with van der Waals surface area (Å²) in [4.78, 5) is 37.5. The van der Waals surface area contributed by atoms with Crippen LogP contribution in [0.4, 0.5) is 0 Å². The molecule has 454 valence electrons. The summed E-state index contributed by atoms with van der Waals surface area (Å²) < 4.78 is 22.9. The van der Waals surface area contributed by atoms with Gasteiger partial charge in [0.1, 0.15) is 13.2 Å². The van der Waals surface area contributed by atoms with Crippen molar-refractivity contribution in [1.82, 2.24) is 0 Å². The van der Waals surface area contributed by atoms with Crippen LogP contribution >= 0.6 is 0 Å². The Morgan fingerprint density at radius 1 is 0.392 bits per heavy atom. The number of aliphatic carboxylic acids is 1. The maximum absolute atomic E-state index is 12.9. The first kappa shape index (κ1) is 75.2. The summed E-state index contributed by atoms with van der Waals surface area (Å²) in [6.45, 7) is 4.74. The summed E-state index contributed by atoms with van der Waals surface area (Å²) in [6.07, 6.45) is 79.4. The normalized spacial score (nSPS) is 13.4. The maximum atomic E-state index is 12.9. The highest BCUT2D eigenvalue weighted by Crippen LogP contribution is 2.17. The first-order chi connectivity index (χ1) is 38.6. The highest BCUT2D eigenvalue weighted by molar-refractivity contribution is 5.71. The third kappa shape index (κ3) is 61.7. The highest BCUT2D eigenvalue weighted by atomic mass is 16.7. The van der Waals surface area contributed by atoms with Crippen molar-refractivity contribution >= 4 is 17.9 Å². The van der Waals surface area contributed by atoms with Crippen molar-refractivity contribution in [3.05, 3.63) is 97.2 Å². The number of rotatable bonds is 59. The van der Waals surface area contributed by atoms with Crippen molar-refractivity contribution in [3.8, 4) is 0 Å². The number of hydrogen-bond donors (Lipinski definition) is 1. The van der Waals surface area contributed by atoms with Crippen LogP contribution in [-0.2, 0) is 33.3 Å². The minimum Gasteiger partial charge on any atom is -0.477 e. The second-order valence-electron chi connectivity index (χ2n) is 22.7. The van der Waals surface area contributed by atoms with Crippen LogP contribution in [0.25, 0.3) is 0 Å². The van der Waals surface area contributed by atoms with Gasteiger partial charge >= 0.3 is 17.9 Å². The monoisotopic (exact) mass is 1100 g/mol. The van der Waals surface area contributed by atoms with Crippen molar-refractivity contribution in [3.63, 3.8) is 0 Å². The molecular formula is C70H122NO8+. The molecule has 2 atom stereocenters. The molecule has 2 unspecified atom stereocenters. The maximum Gasteiger partial charge on any atom is 0.361 e. The van der Waals surface area contributed by atoms with Gasteiger partial charge in [0.15, 0.2) is 6.10 Å². The molecule has 9 nitrogen and oxygen atoms in total. The van der Waals surface area contributed by atoms with E-state index >= 15 is 0 Å². The van der Waals surface area contributed by atoms with Gasteiger partial charge in [-0.05, 0) is 77.0 Å². The van der Waals surface area contributed by atoms with Gasteiger partial charge in [-0.3, -0.25) is 9.59 Å². The number of carbonyl (C=O) groups is 3. The topological polar surface area (TPSA) is 108 Å². The molecule has 0 saturated heterocycles. The SMILES string of the molecule is CC/C=C\C/C=C\C/C=C\C/C=C\C/C=C\C/C=C\C/C=C\C/C=C\CCCCC(=O)OC(COC(=O)CCCCCCCCCCCCCCCCCCCCCCCCCCCCC)COC(OCC[N+](C)(C)C)C(=O)O. The van der Waals surface area contributed by atoms with Gasteiger partial charge in [-0.15, -0.1) is 0 Å². The van der Waals surface area contributed by atoms with Crippen LogP contribution in [0.2, 0.25) is 0 Å².